The molecular weight excluding hydrogens is 612 g/mol. The van der Waals surface area contributed by atoms with E-state index in [0.29, 0.717) is 129 Å². The van der Waals surface area contributed by atoms with E-state index in [1.165, 1.54) is 6.08 Å². The lowest BCUT2D eigenvalue weighted by Crippen LogP contribution is -2.57. The molecule has 0 atom stereocenters. The van der Waals surface area contributed by atoms with Gasteiger partial charge in [0.1, 0.15) is 5.69 Å². The van der Waals surface area contributed by atoms with Gasteiger partial charge < -0.3 is 48.3 Å². The van der Waals surface area contributed by atoms with Crippen LogP contribution in [0.4, 0.5) is 4.79 Å². The minimum Gasteiger partial charge on any atom is -0.377 e. The fourth-order valence-corrected chi connectivity index (χ4v) is 4.46. The second-order valence-corrected chi connectivity index (χ2v) is 12.2. The first-order valence-electron chi connectivity index (χ1n) is 16.4. The van der Waals surface area contributed by atoms with E-state index in [-0.39, 0.29) is 17.4 Å². The zero-order valence-corrected chi connectivity index (χ0v) is 28.4. The second kappa shape index (κ2) is 21.9. The molecule has 3 heterocycles. The number of nitrogens with one attached hydrogen (secondary N) is 1. The fourth-order valence-electron chi connectivity index (χ4n) is 4.46. The van der Waals surface area contributed by atoms with E-state index in [1.807, 2.05) is 4.90 Å². The van der Waals surface area contributed by atoms with Gasteiger partial charge in [-0.05, 0) is 17.4 Å². The van der Waals surface area contributed by atoms with E-state index in [2.05, 4.69) is 43.0 Å². The van der Waals surface area contributed by atoms with Crippen molar-refractivity contribution < 1.29 is 42.7 Å². The average molecular weight is 667 g/mol. The first-order valence-corrected chi connectivity index (χ1v) is 16.4. The Kier molecular flexibility index (Phi) is 17.9. The Morgan fingerprint density at radius 3 is 1.77 bits per heavy atom. The summed E-state index contributed by atoms with van der Waals surface area (Å²) in [4.78, 5) is 27.2. The summed E-state index contributed by atoms with van der Waals surface area (Å²) in [5.41, 5.74) is 1.59. The van der Waals surface area contributed by atoms with Gasteiger partial charge in [0, 0.05) is 31.4 Å². The van der Waals surface area contributed by atoms with Crippen LogP contribution in [-0.4, -0.2) is 149 Å². The molecule has 47 heavy (non-hydrogen) atoms. The molecule has 1 saturated heterocycles. The number of nitrogens with zero attached hydrogens (tertiary/aromatic N) is 5. The summed E-state index contributed by atoms with van der Waals surface area (Å²) in [7, 11) is 0. The minimum atomic E-state index is -0.0989. The van der Waals surface area contributed by atoms with Gasteiger partial charge in [-0.25, -0.2) is 9.48 Å². The summed E-state index contributed by atoms with van der Waals surface area (Å²) in [5, 5.41) is 11.1. The highest BCUT2D eigenvalue weighted by atomic mass is 16.6. The van der Waals surface area contributed by atoms with Gasteiger partial charge in [0.25, 0.3) is 5.91 Å². The van der Waals surface area contributed by atoms with Crippen molar-refractivity contribution >= 4 is 11.9 Å². The topological polar surface area (TPSA) is 148 Å². The molecule has 0 aliphatic carbocycles. The Morgan fingerprint density at radius 1 is 0.809 bits per heavy atom. The number of hydrogen-bond acceptors (Lipinski definition) is 11. The normalized spacial score (nSPS) is 15.2. The van der Waals surface area contributed by atoms with Crippen molar-refractivity contribution in [3.05, 3.63) is 36.3 Å². The number of hydrogen-bond donors (Lipinski definition) is 1. The third-order valence-corrected chi connectivity index (χ3v) is 7.55. The number of urea groups is 1. The summed E-state index contributed by atoms with van der Waals surface area (Å²) < 4.78 is 40.2. The second-order valence-electron chi connectivity index (χ2n) is 12.2. The van der Waals surface area contributed by atoms with E-state index < -0.39 is 0 Å². The number of amides is 3. The molecule has 15 heteroatoms. The fraction of sp³-hybridized carbons (Fsp3) is 0.750. The van der Waals surface area contributed by atoms with Gasteiger partial charge in [0.05, 0.1) is 112 Å². The smallest absolute Gasteiger partial charge is 0.317 e. The van der Waals surface area contributed by atoms with Crippen molar-refractivity contribution in [2.24, 2.45) is 11.3 Å². The lowest BCUT2D eigenvalue weighted by atomic mass is 9.76. The molecule has 1 N–H and O–H groups in total. The minimum absolute atomic E-state index is 0.0178. The Balaban J connectivity index is 0.964. The van der Waals surface area contributed by atoms with Gasteiger partial charge in [0.15, 0.2) is 0 Å². The maximum atomic E-state index is 12.1. The number of aromatic nitrogens is 3. The zero-order chi connectivity index (χ0) is 33.7. The number of carbonyl (C=O) groups is 2. The van der Waals surface area contributed by atoms with Gasteiger partial charge in [0.2, 0.25) is 0 Å². The monoisotopic (exact) mass is 666 g/mol. The van der Waals surface area contributed by atoms with Crippen LogP contribution in [0.15, 0.2) is 30.6 Å². The Labute approximate surface area is 278 Å². The summed E-state index contributed by atoms with van der Waals surface area (Å²) in [6.07, 6.45) is 4.97. The SMILES string of the molecule is C=C1C=CC(=O)N1Cc1cn(CCOCCOCCOCCOCCOCCOCCOCCNC(=O)N2CC(C(C)(C)C)C2)nn1. The van der Waals surface area contributed by atoms with Crippen LogP contribution >= 0.6 is 0 Å². The molecule has 2 aliphatic heterocycles. The summed E-state index contributed by atoms with van der Waals surface area (Å²) in [5.74, 6) is 0.467. The molecule has 0 unspecified atom stereocenters. The van der Waals surface area contributed by atoms with Crippen molar-refractivity contribution in [1.29, 1.82) is 0 Å². The highest BCUT2D eigenvalue weighted by Gasteiger charge is 2.37. The lowest BCUT2D eigenvalue weighted by molar-refractivity contribution is -0.123. The van der Waals surface area contributed by atoms with Crippen LogP contribution in [0.1, 0.15) is 26.5 Å². The quantitative estimate of drug-likeness (QED) is 0.144. The average Bonchev–Trinajstić information content (AvgIpc) is 3.59. The molecule has 0 radical (unpaired) electrons. The van der Waals surface area contributed by atoms with Gasteiger partial charge in [-0.1, -0.05) is 32.6 Å². The Morgan fingerprint density at radius 2 is 1.30 bits per heavy atom. The van der Waals surface area contributed by atoms with Crippen LogP contribution in [0.3, 0.4) is 0 Å². The lowest BCUT2D eigenvalue weighted by Gasteiger charge is -2.46. The number of rotatable bonds is 26. The molecule has 2 aliphatic rings. The van der Waals surface area contributed by atoms with Crippen LogP contribution in [0.25, 0.3) is 0 Å². The first-order chi connectivity index (χ1) is 22.7. The first kappa shape index (κ1) is 38.5. The highest BCUT2D eigenvalue weighted by molar-refractivity contribution is 5.92. The zero-order valence-electron chi connectivity index (χ0n) is 28.4. The van der Waals surface area contributed by atoms with Crippen LogP contribution in [0.5, 0.6) is 0 Å². The van der Waals surface area contributed by atoms with Crippen molar-refractivity contribution in [1.82, 2.24) is 30.1 Å². The van der Waals surface area contributed by atoms with E-state index in [0.717, 1.165) is 13.1 Å². The van der Waals surface area contributed by atoms with Crippen molar-refractivity contribution in [2.45, 2.75) is 33.9 Å². The van der Waals surface area contributed by atoms with Crippen LogP contribution in [0.2, 0.25) is 0 Å². The highest BCUT2D eigenvalue weighted by Crippen LogP contribution is 2.33. The van der Waals surface area contributed by atoms with E-state index in [1.54, 1.807) is 21.9 Å². The van der Waals surface area contributed by atoms with Gasteiger partial charge in [-0.15, -0.1) is 5.10 Å². The predicted octanol–water partition coefficient (Wildman–Crippen LogP) is 1.49. The Bertz CT molecular complexity index is 1070. The molecule has 1 fully saturated rings. The van der Waals surface area contributed by atoms with Crippen LogP contribution in [-0.2, 0) is 51.0 Å². The molecule has 15 nitrogen and oxygen atoms in total. The number of ether oxygens (including phenoxy) is 7. The molecular formula is C32H54N6O9. The van der Waals surface area contributed by atoms with E-state index >= 15 is 0 Å². The third kappa shape index (κ3) is 15.7. The standard InChI is InChI=1S/C32H54N6O9/c1-27-5-6-30(39)38(27)26-29-25-37(35-34-29)8-10-42-12-14-44-16-18-46-20-22-47-21-19-45-17-15-43-13-11-41-9-7-33-31(40)36-23-28(24-36)32(2,3)4/h5-6,25,28H,1,7-24,26H2,2-4H3,(H,33,40). The van der Waals surface area contributed by atoms with Gasteiger partial charge >= 0.3 is 6.03 Å². The molecule has 3 amide bonds. The summed E-state index contributed by atoms with van der Waals surface area (Å²) >= 11 is 0. The maximum absolute atomic E-state index is 12.1. The molecule has 266 valence electrons. The molecule has 0 bridgehead atoms. The molecule has 0 saturated carbocycles. The van der Waals surface area contributed by atoms with Crippen molar-refractivity contribution in [3.63, 3.8) is 0 Å². The molecule has 0 spiro atoms. The molecule has 1 aromatic heterocycles. The number of allylic oxidation sites excluding steroid dienone is 1. The number of carbonyl (C=O) groups excluding carboxylic acids is 2. The van der Waals surface area contributed by atoms with Gasteiger partial charge in [-0.3, -0.25) is 4.79 Å². The molecule has 3 rings (SSSR count). The molecule has 1 aromatic rings. The van der Waals surface area contributed by atoms with Crippen LogP contribution in [0, 0.1) is 11.3 Å². The summed E-state index contributed by atoms with van der Waals surface area (Å²) in [6, 6.07) is -0.0178. The Hall–Kier alpha value is -2.92. The van der Waals surface area contributed by atoms with E-state index in [9.17, 15) is 9.59 Å². The largest absolute Gasteiger partial charge is 0.377 e. The van der Waals surface area contributed by atoms with Crippen molar-refractivity contribution in [2.75, 3.05) is 112 Å². The van der Waals surface area contributed by atoms with E-state index in [4.69, 9.17) is 33.2 Å². The third-order valence-electron chi connectivity index (χ3n) is 7.55. The van der Waals surface area contributed by atoms with Crippen molar-refractivity contribution in [3.8, 4) is 0 Å². The summed E-state index contributed by atoms with van der Waals surface area (Å²) in [6.45, 7) is 20.2. The van der Waals surface area contributed by atoms with Gasteiger partial charge in [-0.2, -0.15) is 0 Å². The number of likely N-dealkylation sites (tertiary alicyclic amines) is 1. The van der Waals surface area contributed by atoms with Crippen LogP contribution < -0.4 is 5.32 Å². The maximum Gasteiger partial charge on any atom is 0.317 e. The predicted molar refractivity (Wildman–Crippen MR) is 173 cm³/mol. The molecule has 0 aromatic carbocycles.